The molecule has 5 unspecified atom stereocenters. The van der Waals surface area contributed by atoms with E-state index in [1.165, 1.54) is 25.7 Å². The van der Waals surface area contributed by atoms with Crippen molar-refractivity contribution < 1.29 is 0 Å². The summed E-state index contributed by atoms with van der Waals surface area (Å²) in [6.07, 6.45) is 15.4. The van der Waals surface area contributed by atoms with Crippen molar-refractivity contribution in [3.05, 3.63) is 0 Å². The highest BCUT2D eigenvalue weighted by molar-refractivity contribution is 4.92. The summed E-state index contributed by atoms with van der Waals surface area (Å²) in [5.41, 5.74) is 0. The van der Waals surface area contributed by atoms with Crippen LogP contribution in [0.25, 0.3) is 0 Å². The van der Waals surface area contributed by atoms with Gasteiger partial charge in [-0.3, -0.25) is 0 Å². The smallest absolute Gasteiger partial charge is 0.0352 e. The fourth-order valence-corrected chi connectivity index (χ4v) is 5.65. The van der Waals surface area contributed by atoms with E-state index in [4.69, 9.17) is 0 Å². The number of fused-ring (bicyclic) bond motifs is 1. The molecule has 0 spiro atoms. The van der Waals surface area contributed by atoms with Crippen LogP contribution >= 0.6 is 0 Å². The van der Waals surface area contributed by atoms with Gasteiger partial charge in [-0.1, -0.05) is 52.4 Å². The second-order valence-corrected chi connectivity index (χ2v) is 7.84. The van der Waals surface area contributed by atoms with Gasteiger partial charge < -0.3 is 0 Å². The second kappa shape index (κ2) is 5.55. The monoisotopic (exact) mass is 248 g/mol. The number of hydrogen-bond acceptors (Lipinski definition) is 0. The van der Waals surface area contributed by atoms with Gasteiger partial charge in [0.1, 0.15) is 0 Å². The average Bonchev–Trinajstić information content (AvgIpc) is 2.82. The molecule has 0 aromatic carbocycles. The van der Waals surface area contributed by atoms with Gasteiger partial charge in [0.2, 0.25) is 0 Å². The predicted molar refractivity (Wildman–Crippen MR) is 78.5 cm³/mol. The molecule has 0 radical (unpaired) electrons. The number of rotatable bonds is 2. The lowest BCUT2D eigenvalue weighted by Gasteiger charge is -2.39. The highest BCUT2D eigenvalue weighted by Crippen LogP contribution is 2.52. The summed E-state index contributed by atoms with van der Waals surface area (Å²) in [6.45, 7) is 5.11. The Hall–Kier alpha value is 0. The fraction of sp³-hybridized carbons (Fsp3) is 1.00. The van der Waals surface area contributed by atoms with E-state index < -0.39 is 0 Å². The Kier molecular flexibility index (Phi) is 4.01. The van der Waals surface area contributed by atoms with Crippen LogP contribution in [0.4, 0.5) is 0 Å². The zero-order valence-electron chi connectivity index (χ0n) is 12.5. The van der Waals surface area contributed by atoms with Gasteiger partial charge >= 0.3 is 0 Å². The minimum atomic E-state index is 1.02. The molecule has 3 rings (SSSR count). The minimum absolute atomic E-state index is 1.02. The maximum atomic E-state index is 2.61. The predicted octanol–water partition coefficient (Wildman–Crippen LogP) is 5.67. The van der Waals surface area contributed by atoms with Crippen LogP contribution in [0, 0.1) is 35.5 Å². The fourth-order valence-electron chi connectivity index (χ4n) is 5.65. The van der Waals surface area contributed by atoms with Crippen LogP contribution in [0.15, 0.2) is 0 Å². The third-order valence-corrected chi connectivity index (χ3v) is 6.80. The summed E-state index contributed by atoms with van der Waals surface area (Å²) in [5, 5.41) is 0. The molecule has 3 aliphatic carbocycles. The molecule has 3 aliphatic rings. The first-order chi connectivity index (χ1) is 8.75. The first kappa shape index (κ1) is 13.0. The van der Waals surface area contributed by atoms with Crippen molar-refractivity contribution in [2.75, 3.05) is 0 Å². The van der Waals surface area contributed by atoms with Gasteiger partial charge in [0.25, 0.3) is 0 Å². The molecule has 0 heterocycles. The van der Waals surface area contributed by atoms with Crippen molar-refractivity contribution in [3.63, 3.8) is 0 Å². The molecule has 0 amide bonds. The van der Waals surface area contributed by atoms with E-state index in [2.05, 4.69) is 13.8 Å². The van der Waals surface area contributed by atoms with Gasteiger partial charge in [-0.15, -0.1) is 0 Å². The molecular formula is C18H32. The Morgan fingerprint density at radius 2 is 1.56 bits per heavy atom. The van der Waals surface area contributed by atoms with Crippen LogP contribution in [0.1, 0.15) is 78.1 Å². The zero-order valence-corrected chi connectivity index (χ0v) is 12.5. The molecule has 3 saturated carbocycles. The average molecular weight is 248 g/mol. The Balaban J connectivity index is 1.64. The van der Waals surface area contributed by atoms with E-state index in [0.717, 1.165) is 35.5 Å². The summed E-state index contributed by atoms with van der Waals surface area (Å²) < 4.78 is 0. The van der Waals surface area contributed by atoms with Gasteiger partial charge in [0.05, 0.1) is 0 Å². The topological polar surface area (TPSA) is 0 Å². The molecule has 0 N–H and O–H groups in total. The third kappa shape index (κ3) is 2.49. The van der Waals surface area contributed by atoms with Crippen molar-refractivity contribution in [2.45, 2.75) is 78.1 Å². The van der Waals surface area contributed by atoms with Crippen LogP contribution < -0.4 is 0 Å². The molecule has 0 aromatic heterocycles. The van der Waals surface area contributed by atoms with E-state index >= 15 is 0 Å². The van der Waals surface area contributed by atoms with Gasteiger partial charge in [0.15, 0.2) is 0 Å². The van der Waals surface area contributed by atoms with E-state index in [0.29, 0.717) is 0 Å². The SMILES string of the molecule is CC1CCC2CCC(C(C)C3CCCCC3)C2C1. The van der Waals surface area contributed by atoms with Crippen LogP contribution in [0.5, 0.6) is 0 Å². The highest BCUT2D eigenvalue weighted by atomic mass is 14.5. The standard InChI is InChI=1S/C18H32/c1-13-8-9-16-10-11-17(18(16)12-13)14(2)15-6-4-3-5-7-15/h13-18H,3-12H2,1-2H3. The first-order valence-corrected chi connectivity index (χ1v) is 8.75. The second-order valence-electron chi connectivity index (χ2n) is 7.84. The largest absolute Gasteiger partial charge is 0.0625 e. The Bertz CT molecular complexity index is 263. The summed E-state index contributed by atoms with van der Waals surface area (Å²) in [6, 6.07) is 0. The number of hydrogen-bond donors (Lipinski definition) is 0. The summed E-state index contributed by atoms with van der Waals surface area (Å²) in [4.78, 5) is 0. The zero-order chi connectivity index (χ0) is 12.5. The molecule has 0 nitrogen and oxygen atoms in total. The van der Waals surface area contributed by atoms with E-state index in [9.17, 15) is 0 Å². The Morgan fingerprint density at radius 3 is 2.33 bits per heavy atom. The van der Waals surface area contributed by atoms with Gasteiger partial charge in [-0.2, -0.15) is 0 Å². The van der Waals surface area contributed by atoms with Crippen molar-refractivity contribution in [3.8, 4) is 0 Å². The maximum absolute atomic E-state index is 2.61. The summed E-state index contributed by atoms with van der Waals surface area (Å²) >= 11 is 0. The Labute approximate surface area is 114 Å². The third-order valence-electron chi connectivity index (χ3n) is 6.80. The van der Waals surface area contributed by atoms with Gasteiger partial charge in [-0.25, -0.2) is 0 Å². The lowest BCUT2D eigenvalue weighted by molar-refractivity contribution is 0.109. The lowest BCUT2D eigenvalue weighted by atomic mass is 9.67. The molecule has 104 valence electrons. The van der Waals surface area contributed by atoms with Crippen LogP contribution in [-0.4, -0.2) is 0 Å². The van der Waals surface area contributed by atoms with E-state index in [1.807, 2.05) is 0 Å². The van der Waals surface area contributed by atoms with Crippen molar-refractivity contribution in [2.24, 2.45) is 35.5 Å². The normalized spacial score (nSPS) is 43.7. The van der Waals surface area contributed by atoms with Crippen LogP contribution in [-0.2, 0) is 0 Å². The molecule has 0 aliphatic heterocycles. The lowest BCUT2D eigenvalue weighted by Crippen LogP contribution is -2.30. The van der Waals surface area contributed by atoms with Gasteiger partial charge in [-0.05, 0) is 61.2 Å². The van der Waals surface area contributed by atoms with Gasteiger partial charge in [0, 0.05) is 0 Å². The molecule has 5 atom stereocenters. The maximum Gasteiger partial charge on any atom is -0.0352 e. The molecule has 3 fully saturated rings. The molecule has 0 saturated heterocycles. The van der Waals surface area contributed by atoms with E-state index in [-0.39, 0.29) is 0 Å². The first-order valence-electron chi connectivity index (χ1n) is 8.75. The van der Waals surface area contributed by atoms with Crippen LogP contribution in [0.3, 0.4) is 0 Å². The molecule has 0 aromatic rings. The highest BCUT2D eigenvalue weighted by Gasteiger charge is 2.42. The molecule has 18 heavy (non-hydrogen) atoms. The van der Waals surface area contributed by atoms with Crippen LogP contribution in [0.2, 0.25) is 0 Å². The Morgan fingerprint density at radius 1 is 0.833 bits per heavy atom. The quantitative estimate of drug-likeness (QED) is 0.591. The molecule has 0 bridgehead atoms. The van der Waals surface area contributed by atoms with Crippen molar-refractivity contribution in [1.82, 2.24) is 0 Å². The molecular weight excluding hydrogens is 216 g/mol. The summed E-state index contributed by atoms with van der Waals surface area (Å²) in [7, 11) is 0. The van der Waals surface area contributed by atoms with Crippen molar-refractivity contribution in [1.29, 1.82) is 0 Å². The molecule has 0 heteroatoms. The van der Waals surface area contributed by atoms with E-state index in [1.54, 1.807) is 38.5 Å². The summed E-state index contributed by atoms with van der Waals surface area (Å²) in [5.74, 6) is 6.47. The minimum Gasteiger partial charge on any atom is -0.0625 e. The van der Waals surface area contributed by atoms with Crippen molar-refractivity contribution >= 4 is 0 Å².